The molecule has 1 aromatic carbocycles. The molecule has 0 saturated heterocycles. The topological polar surface area (TPSA) is 117 Å². The first-order chi connectivity index (χ1) is 10.5. The van der Waals surface area contributed by atoms with E-state index < -0.39 is 30.8 Å². The summed E-state index contributed by atoms with van der Waals surface area (Å²) in [6, 6.07) is 7.83. The fourth-order valence-corrected chi connectivity index (χ4v) is 1.48. The van der Waals surface area contributed by atoms with E-state index in [0.717, 1.165) is 5.56 Å². The summed E-state index contributed by atoms with van der Waals surface area (Å²) in [5.74, 6) is -0.750. The van der Waals surface area contributed by atoms with Crippen LogP contribution in [0.15, 0.2) is 30.3 Å². The fourth-order valence-electron chi connectivity index (χ4n) is 1.48. The van der Waals surface area contributed by atoms with Crippen LogP contribution in [0.2, 0.25) is 0 Å². The van der Waals surface area contributed by atoms with E-state index in [2.05, 4.69) is 10.1 Å². The number of primary amides is 1. The molecule has 0 aliphatic carbocycles. The van der Waals surface area contributed by atoms with E-state index in [1.165, 1.54) is 0 Å². The molecular formula is C14H18N2O6. The number of nitrogens with one attached hydrogen (secondary N) is 1. The van der Waals surface area contributed by atoms with Crippen LogP contribution in [0.1, 0.15) is 12.5 Å². The maximum absolute atomic E-state index is 11.7. The molecule has 0 aromatic heterocycles. The van der Waals surface area contributed by atoms with E-state index in [1.807, 2.05) is 6.07 Å². The maximum Gasteiger partial charge on any atom is 0.408 e. The highest BCUT2D eigenvalue weighted by Crippen LogP contribution is 2.01. The first kappa shape index (κ1) is 17.3. The summed E-state index contributed by atoms with van der Waals surface area (Å²) in [6.45, 7) is 1.33. The SMILES string of the molecule is CCOC(=O)[C@H](COC(N)=O)NC(=O)OCc1ccccc1. The van der Waals surface area contributed by atoms with Gasteiger partial charge in [-0.2, -0.15) is 0 Å². The van der Waals surface area contributed by atoms with Crippen molar-refractivity contribution in [3.05, 3.63) is 35.9 Å². The van der Waals surface area contributed by atoms with Gasteiger partial charge >= 0.3 is 18.2 Å². The van der Waals surface area contributed by atoms with E-state index >= 15 is 0 Å². The van der Waals surface area contributed by atoms with Gasteiger partial charge in [-0.05, 0) is 12.5 Å². The van der Waals surface area contributed by atoms with Crippen molar-refractivity contribution in [3.8, 4) is 0 Å². The van der Waals surface area contributed by atoms with Gasteiger partial charge in [0, 0.05) is 0 Å². The molecule has 0 bridgehead atoms. The lowest BCUT2D eigenvalue weighted by atomic mass is 10.2. The molecular weight excluding hydrogens is 292 g/mol. The number of hydrogen-bond acceptors (Lipinski definition) is 6. The van der Waals surface area contributed by atoms with Gasteiger partial charge in [0.1, 0.15) is 13.2 Å². The van der Waals surface area contributed by atoms with Gasteiger partial charge in [0.2, 0.25) is 0 Å². The Bertz CT molecular complexity index is 505. The average molecular weight is 310 g/mol. The lowest BCUT2D eigenvalue weighted by Gasteiger charge is -2.16. The minimum Gasteiger partial charge on any atom is -0.464 e. The molecule has 0 aliphatic rings. The van der Waals surface area contributed by atoms with Crippen molar-refractivity contribution < 1.29 is 28.6 Å². The molecule has 1 aromatic rings. The number of hydrogen-bond donors (Lipinski definition) is 2. The van der Waals surface area contributed by atoms with Gasteiger partial charge in [-0.1, -0.05) is 30.3 Å². The highest BCUT2D eigenvalue weighted by molar-refractivity contribution is 5.81. The third kappa shape index (κ3) is 6.60. The standard InChI is InChI=1S/C14H18N2O6/c1-2-20-12(17)11(9-21-13(15)18)16-14(19)22-8-10-6-4-3-5-7-10/h3-7,11H,2,8-9H2,1H3,(H2,15,18)(H,16,19)/t11-/m0/s1. The molecule has 0 heterocycles. The molecule has 1 rings (SSSR count). The number of nitrogens with two attached hydrogens (primary N) is 1. The van der Waals surface area contributed by atoms with Crippen LogP contribution in [-0.2, 0) is 25.6 Å². The second-order valence-corrected chi connectivity index (χ2v) is 4.14. The molecule has 3 N–H and O–H groups in total. The van der Waals surface area contributed by atoms with Crippen LogP contribution in [0.5, 0.6) is 0 Å². The highest BCUT2D eigenvalue weighted by atomic mass is 16.6. The van der Waals surface area contributed by atoms with Crippen LogP contribution in [-0.4, -0.2) is 37.4 Å². The first-order valence-corrected chi connectivity index (χ1v) is 6.59. The summed E-state index contributed by atoms with van der Waals surface area (Å²) in [5.41, 5.74) is 5.61. The van der Waals surface area contributed by atoms with Crippen molar-refractivity contribution >= 4 is 18.2 Å². The van der Waals surface area contributed by atoms with Crippen LogP contribution in [0.3, 0.4) is 0 Å². The minimum atomic E-state index is -1.18. The zero-order chi connectivity index (χ0) is 16.4. The van der Waals surface area contributed by atoms with Gasteiger partial charge in [0.05, 0.1) is 6.61 Å². The van der Waals surface area contributed by atoms with Gasteiger partial charge in [-0.3, -0.25) is 0 Å². The molecule has 22 heavy (non-hydrogen) atoms. The van der Waals surface area contributed by atoms with Crippen LogP contribution >= 0.6 is 0 Å². The van der Waals surface area contributed by atoms with Crippen LogP contribution in [0, 0.1) is 0 Å². The molecule has 2 amide bonds. The fraction of sp³-hybridized carbons (Fsp3) is 0.357. The van der Waals surface area contributed by atoms with E-state index in [4.69, 9.17) is 15.2 Å². The number of carbonyl (C=O) groups is 3. The van der Waals surface area contributed by atoms with E-state index in [9.17, 15) is 14.4 Å². The Morgan fingerprint density at radius 2 is 1.82 bits per heavy atom. The number of amides is 2. The summed E-state index contributed by atoms with van der Waals surface area (Å²) < 4.78 is 14.2. The smallest absolute Gasteiger partial charge is 0.408 e. The van der Waals surface area contributed by atoms with Crippen molar-refractivity contribution in [2.75, 3.05) is 13.2 Å². The van der Waals surface area contributed by atoms with Crippen LogP contribution in [0.4, 0.5) is 9.59 Å². The van der Waals surface area contributed by atoms with Crippen molar-refractivity contribution in [1.82, 2.24) is 5.32 Å². The second-order valence-electron chi connectivity index (χ2n) is 4.14. The molecule has 0 saturated carbocycles. The van der Waals surface area contributed by atoms with Crippen molar-refractivity contribution in [3.63, 3.8) is 0 Å². The minimum absolute atomic E-state index is 0.0406. The number of ether oxygens (including phenoxy) is 3. The Hall–Kier alpha value is -2.77. The van der Waals surface area contributed by atoms with E-state index in [1.54, 1.807) is 31.2 Å². The zero-order valence-corrected chi connectivity index (χ0v) is 12.1. The van der Waals surface area contributed by atoms with E-state index in [-0.39, 0.29) is 13.2 Å². The van der Waals surface area contributed by atoms with E-state index in [0.29, 0.717) is 0 Å². The summed E-state index contributed by atoms with van der Waals surface area (Å²) in [5, 5.41) is 2.26. The lowest BCUT2D eigenvalue weighted by molar-refractivity contribution is -0.146. The lowest BCUT2D eigenvalue weighted by Crippen LogP contribution is -2.46. The third-order valence-corrected chi connectivity index (χ3v) is 2.47. The maximum atomic E-state index is 11.7. The summed E-state index contributed by atoms with van der Waals surface area (Å²) in [7, 11) is 0. The Morgan fingerprint density at radius 1 is 1.14 bits per heavy atom. The van der Waals surface area contributed by atoms with Crippen LogP contribution < -0.4 is 11.1 Å². The normalized spacial score (nSPS) is 11.1. The molecule has 0 spiro atoms. The molecule has 8 heteroatoms. The molecule has 120 valence electrons. The van der Waals surface area contributed by atoms with Gasteiger partial charge in [-0.15, -0.1) is 0 Å². The number of rotatable bonds is 7. The first-order valence-electron chi connectivity index (χ1n) is 6.59. The quantitative estimate of drug-likeness (QED) is 0.572. The van der Waals surface area contributed by atoms with Gasteiger partial charge in [0.25, 0.3) is 0 Å². The molecule has 8 nitrogen and oxygen atoms in total. The second kappa shape index (κ2) is 9.22. The predicted molar refractivity (Wildman–Crippen MR) is 75.7 cm³/mol. The number of benzene rings is 1. The molecule has 0 radical (unpaired) electrons. The van der Waals surface area contributed by atoms with Crippen LogP contribution in [0.25, 0.3) is 0 Å². The predicted octanol–water partition coefficient (Wildman–Crippen LogP) is 0.940. The third-order valence-electron chi connectivity index (χ3n) is 2.47. The molecule has 0 fully saturated rings. The van der Waals surface area contributed by atoms with Gasteiger partial charge in [0.15, 0.2) is 6.04 Å². The molecule has 0 aliphatic heterocycles. The van der Waals surface area contributed by atoms with Crippen molar-refractivity contribution in [1.29, 1.82) is 0 Å². The summed E-state index contributed by atoms with van der Waals surface area (Å²) in [6.07, 6.45) is -1.90. The Labute approximate surface area is 127 Å². The Kier molecular flexibility index (Phi) is 7.24. The van der Waals surface area contributed by atoms with Gasteiger partial charge in [-0.25, -0.2) is 14.4 Å². The average Bonchev–Trinajstić information content (AvgIpc) is 2.50. The number of alkyl carbamates (subject to hydrolysis) is 1. The number of carbonyl (C=O) groups excluding carboxylic acids is 3. The van der Waals surface area contributed by atoms with Crippen molar-refractivity contribution in [2.24, 2.45) is 5.73 Å². The van der Waals surface area contributed by atoms with Gasteiger partial charge < -0.3 is 25.3 Å². The Morgan fingerprint density at radius 3 is 2.41 bits per heavy atom. The van der Waals surface area contributed by atoms with Crippen molar-refractivity contribution in [2.45, 2.75) is 19.6 Å². The molecule has 1 atom stereocenters. The zero-order valence-electron chi connectivity index (χ0n) is 12.1. The summed E-state index contributed by atoms with van der Waals surface area (Å²) in [4.78, 5) is 33.9. The summed E-state index contributed by atoms with van der Waals surface area (Å²) >= 11 is 0. The largest absolute Gasteiger partial charge is 0.464 e. The number of esters is 1. The Balaban J connectivity index is 2.50. The monoisotopic (exact) mass is 310 g/mol. The highest BCUT2D eigenvalue weighted by Gasteiger charge is 2.24. The molecule has 0 unspecified atom stereocenters.